The third-order valence-corrected chi connectivity index (χ3v) is 3.85. The second kappa shape index (κ2) is 7.76. The Balaban J connectivity index is 2.05. The molecular formula is C19H26N2O5. The van der Waals surface area contributed by atoms with E-state index in [1.54, 1.807) is 27.8 Å². The maximum Gasteiger partial charge on any atom is 0.410 e. The minimum atomic E-state index is -1.21. The molecule has 1 aliphatic rings. The Labute approximate surface area is 153 Å². The number of rotatable bonds is 5. The van der Waals surface area contributed by atoms with E-state index in [0.717, 1.165) is 5.56 Å². The van der Waals surface area contributed by atoms with Crippen molar-refractivity contribution < 1.29 is 23.9 Å². The highest BCUT2D eigenvalue weighted by molar-refractivity contribution is 5.96. The number of carbonyl (C=O) groups is 2. The predicted molar refractivity (Wildman–Crippen MR) is 96.9 cm³/mol. The molecule has 0 bridgehead atoms. The molecule has 1 aromatic carbocycles. The number of ether oxygens (including phenoxy) is 2. The molecule has 0 aromatic heterocycles. The molecule has 2 rings (SSSR count). The van der Waals surface area contributed by atoms with Gasteiger partial charge in [-0.05, 0) is 26.3 Å². The molecule has 1 atom stereocenters. The molecule has 0 aliphatic carbocycles. The summed E-state index contributed by atoms with van der Waals surface area (Å²) in [5.41, 5.74) is -0.266. The van der Waals surface area contributed by atoms with Gasteiger partial charge in [0.2, 0.25) is 5.60 Å². The lowest BCUT2D eigenvalue weighted by Crippen LogP contribution is -2.43. The summed E-state index contributed by atoms with van der Waals surface area (Å²) in [5.74, 6) is -0.486. The fraction of sp³-hybridized carbons (Fsp3) is 0.526. The Hall–Kier alpha value is -2.57. The first-order chi connectivity index (χ1) is 12.1. The van der Waals surface area contributed by atoms with Crippen LogP contribution in [0, 0.1) is 0 Å². The van der Waals surface area contributed by atoms with Crippen molar-refractivity contribution in [1.82, 2.24) is 4.90 Å². The van der Waals surface area contributed by atoms with E-state index in [2.05, 4.69) is 5.16 Å². The van der Waals surface area contributed by atoms with E-state index in [1.807, 2.05) is 30.3 Å². The predicted octanol–water partition coefficient (Wildman–Crippen LogP) is 2.78. The molecule has 1 heterocycles. The van der Waals surface area contributed by atoms with Gasteiger partial charge in [-0.15, -0.1) is 0 Å². The quantitative estimate of drug-likeness (QED) is 0.753. The number of carbonyl (C=O) groups excluding carboxylic acids is 2. The van der Waals surface area contributed by atoms with Crippen LogP contribution in [0.3, 0.4) is 0 Å². The molecule has 26 heavy (non-hydrogen) atoms. The van der Waals surface area contributed by atoms with Crippen LogP contribution in [-0.4, -0.2) is 54.6 Å². The van der Waals surface area contributed by atoms with Gasteiger partial charge in [-0.3, -0.25) is 0 Å². The van der Waals surface area contributed by atoms with E-state index in [4.69, 9.17) is 14.3 Å². The fourth-order valence-electron chi connectivity index (χ4n) is 2.70. The molecule has 1 amide bonds. The average molecular weight is 362 g/mol. The number of nitrogens with zero attached hydrogens (tertiary/aromatic N) is 2. The normalized spacial score (nSPS) is 19.3. The van der Waals surface area contributed by atoms with Gasteiger partial charge in [0.15, 0.2) is 0 Å². The van der Waals surface area contributed by atoms with Gasteiger partial charge >= 0.3 is 12.1 Å². The number of methoxy groups -OCH3 is 1. The Morgan fingerprint density at radius 2 is 1.92 bits per heavy atom. The van der Waals surface area contributed by atoms with E-state index < -0.39 is 23.3 Å². The average Bonchev–Trinajstić information content (AvgIpc) is 2.97. The molecule has 1 aromatic rings. The third kappa shape index (κ3) is 4.97. The van der Waals surface area contributed by atoms with Crippen molar-refractivity contribution in [3.63, 3.8) is 0 Å². The molecule has 1 unspecified atom stereocenters. The van der Waals surface area contributed by atoms with Crippen LogP contribution < -0.4 is 0 Å². The molecule has 0 saturated heterocycles. The zero-order chi connectivity index (χ0) is 19.4. The van der Waals surface area contributed by atoms with Crippen LogP contribution in [0.15, 0.2) is 35.5 Å². The summed E-state index contributed by atoms with van der Waals surface area (Å²) in [6, 6.07) is 9.53. The topological polar surface area (TPSA) is 77.4 Å². The summed E-state index contributed by atoms with van der Waals surface area (Å²) in [7, 11) is 2.94. The first kappa shape index (κ1) is 19.8. The second-order valence-electron chi connectivity index (χ2n) is 7.41. The molecule has 142 valence electrons. The summed E-state index contributed by atoms with van der Waals surface area (Å²) in [5, 5.41) is 4.04. The van der Waals surface area contributed by atoms with Crippen LogP contribution in [0.1, 0.15) is 32.8 Å². The maximum atomic E-state index is 12.4. The van der Waals surface area contributed by atoms with E-state index in [-0.39, 0.29) is 13.0 Å². The van der Waals surface area contributed by atoms with E-state index in [1.165, 1.54) is 12.0 Å². The van der Waals surface area contributed by atoms with Crippen LogP contribution >= 0.6 is 0 Å². The minimum Gasteiger partial charge on any atom is -0.466 e. The second-order valence-corrected chi connectivity index (χ2v) is 7.41. The summed E-state index contributed by atoms with van der Waals surface area (Å²) in [4.78, 5) is 31.4. The van der Waals surface area contributed by atoms with Crippen molar-refractivity contribution in [2.45, 2.75) is 44.8 Å². The molecule has 0 N–H and O–H groups in total. The van der Waals surface area contributed by atoms with Crippen molar-refractivity contribution in [1.29, 1.82) is 0 Å². The molecule has 7 nitrogen and oxygen atoms in total. The third-order valence-electron chi connectivity index (χ3n) is 3.85. The van der Waals surface area contributed by atoms with Crippen molar-refractivity contribution in [2.75, 3.05) is 20.7 Å². The smallest absolute Gasteiger partial charge is 0.410 e. The maximum absolute atomic E-state index is 12.4. The lowest BCUT2D eigenvalue weighted by atomic mass is 9.89. The van der Waals surface area contributed by atoms with Gasteiger partial charge in [-0.1, -0.05) is 35.5 Å². The molecule has 7 heteroatoms. The number of hydrogen-bond acceptors (Lipinski definition) is 6. The fourth-order valence-corrected chi connectivity index (χ4v) is 2.70. The number of benzene rings is 1. The highest BCUT2D eigenvalue weighted by Crippen LogP contribution is 2.30. The van der Waals surface area contributed by atoms with Crippen molar-refractivity contribution in [3.8, 4) is 0 Å². The van der Waals surface area contributed by atoms with Crippen LogP contribution in [0.25, 0.3) is 0 Å². The van der Waals surface area contributed by atoms with E-state index >= 15 is 0 Å². The highest BCUT2D eigenvalue weighted by Gasteiger charge is 2.48. The number of amides is 1. The van der Waals surface area contributed by atoms with Crippen LogP contribution in [0.5, 0.6) is 0 Å². The zero-order valence-electron chi connectivity index (χ0n) is 15.9. The van der Waals surface area contributed by atoms with Crippen molar-refractivity contribution >= 4 is 17.8 Å². The van der Waals surface area contributed by atoms with Gasteiger partial charge in [-0.2, -0.15) is 0 Å². The van der Waals surface area contributed by atoms with Crippen LogP contribution in [-0.2, 0) is 25.5 Å². The molecule has 0 spiro atoms. The Kier molecular flexibility index (Phi) is 5.90. The molecule has 0 fully saturated rings. The van der Waals surface area contributed by atoms with E-state index in [0.29, 0.717) is 12.1 Å². The van der Waals surface area contributed by atoms with Gasteiger partial charge < -0.3 is 19.2 Å². The SMILES string of the molecule is COC(=O)C1(Cc2ccccc2)CC(CN(C)C(=O)OC(C)(C)C)=NO1. The Bertz CT molecular complexity index is 681. The Morgan fingerprint density at radius 1 is 1.27 bits per heavy atom. The largest absolute Gasteiger partial charge is 0.466 e. The highest BCUT2D eigenvalue weighted by atomic mass is 16.7. The molecule has 0 saturated carbocycles. The van der Waals surface area contributed by atoms with Gasteiger partial charge in [-0.25, -0.2) is 9.59 Å². The van der Waals surface area contributed by atoms with Crippen molar-refractivity contribution in [2.24, 2.45) is 5.16 Å². The van der Waals surface area contributed by atoms with Gasteiger partial charge in [0.1, 0.15) is 5.60 Å². The standard InChI is InChI=1S/C19H26N2O5/c1-18(2,3)25-17(23)21(4)13-15-12-19(26-20-15,16(22)24-5)11-14-9-7-6-8-10-14/h6-10H,11-13H2,1-5H3. The first-order valence-corrected chi connectivity index (χ1v) is 8.45. The summed E-state index contributed by atoms with van der Waals surface area (Å²) in [6.45, 7) is 5.62. The first-order valence-electron chi connectivity index (χ1n) is 8.45. The Morgan fingerprint density at radius 3 is 2.50 bits per heavy atom. The molecular weight excluding hydrogens is 336 g/mol. The number of oxime groups is 1. The molecule has 0 radical (unpaired) electrons. The van der Waals surface area contributed by atoms with Gasteiger partial charge in [0.25, 0.3) is 0 Å². The zero-order valence-corrected chi connectivity index (χ0v) is 15.9. The summed E-state index contributed by atoms with van der Waals surface area (Å²) >= 11 is 0. The number of esters is 1. The lowest BCUT2D eigenvalue weighted by Gasteiger charge is -2.25. The van der Waals surface area contributed by atoms with Crippen LogP contribution in [0.2, 0.25) is 0 Å². The monoisotopic (exact) mass is 362 g/mol. The van der Waals surface area contributed by atoms with Crippen molar-refractivity contribution in [3.05, 3.63) is 35.9 Å². The number of hydrogen-bond donors (Lipinski definition) is 0. The summed E-state index contributed by atoms with van der Waals surface area (Å²) < 4.78 is 10.3. The van der Waals surface area contributed by atoms with Crippen LogP contribution in [0.4, 0.5) is 4.79 Å². The molecule has 1 aliphatic heterocycles. The summed E-state index contributed by atoms with van der Waals surface area (Å²) in [6.07, 6.45) is 0.129. The van der Waals surface area contributed by atoms with Gasteiger partial charge in [0, 0.05) is 19.9 Å². The lowest BCUT2D eigenvalue weighted by molar-refractivity contribution is -0.166. The van der Waals surface area contributed by atoms with Gasteiger partial charge in [0.05, 0.1) is 19.4 Å². The minimum absolute atomic E-state index is 0.211. The van der Waals surface area contributed by atoms with E-state index in [9.17, 15) is 9.59 Å².